The maximum Gasteiger partial charge on any atom is 0.251 e. The molecule has 1 fully saturated rings. The van der Waals surface area contributed by atoms with Gasteiger partial charge >= 0.3 is 0 Å². The first kappa shape index (κ1) is 22.4. The lowest BCUT2D eigenvalue weighted by atomic mass is 9.99. The van der Waals surface area contributed by atoms with Crippen molar-refractivity contribution in [2.45, 2.75) is 46.2 Å². The maximum absolute atomic E-state index is 13.1. The van der Waals surface area contributed by atoms with Crippen LogP contribution in [-0.4, -0.2) is 40.8 Å². The Kier molecular flexibility index (Phi) is 7.55. The molecule has 1 aliphatic heterocycles. The Morgan fingerprint density at radius 2 is 1.90 bits per heavy atom. The molecule has 0 saturated carbocycles. The number of rotatable bonds is 7. The zero-order valence-electron chi connectivity index (χ0n) is 17.7. The maximum atomic E-state index is 13.1. The van der Waals surface area contributed by atoms with Crippen LogP contribution in [0.4, 0.5) is 9.52 Å². The number of hydrogen-bond acceptors (Lipinski definition) is 5. The average Bonchev–Trinajstić information content (AvgIpc) is 3.14. The molecule has 8 heteroatoms. The van der Waals surface area contributed by atoms with Crippen molar-refractivity contribution in [1.82, 2.24) is 15.2 Å². The van der Waals surface area contributed by atoms with Crippen LogP contribution in [0.5, 0.6) is 0 Å². The number of piperidine rings is 1. The highest BCUT2D eigenvalue weighted by atomic mass is 32.1. The van der Waals surface area contributed by atoms with Crippen LogP contribution < -0.4 is 10.6 Å². The van der Waals surface area contributed by atoms with E-state index in [1.165, 1.54) is 48.4 Å². The molecular formula is C22H29FN4O2S. The average molecular weight is 433 g/mol. The van der Waals surface area contributed by atoms with Crippen molar-refractivity contribution in [1.29, 1.82) is 0 Å². The lowest BCUT2D eigenvalue weighted by Gasteiger charge is -2.29. The van der Waals surface area contributed by atoms with Crippen molar-refractivity contribution < 1.29 is 14.0 Å². The van der Waals surface area contributed by atoms with E-state index in [0.29, 0.717) is 10.7 Å². The highest BCUT2D eigenvalue weighted by Gasteiger charge is 2.26. The molecule has 2 N–H and O–H groups in total. The highest BCUT2D eigenvalue weighted by molar-refractivity contribution is 7.13. The molecule has 2 aromatic rings. The van der Waals surface area contributed by atoms with Crippen molar-refractivity contribution in [2.75, 3.05) is 18.4 Å². The number of anilines is 1. The van der Waals surface area contributed by atoms with Crippen molar-refractivity contribution in [2.24, 2.45) is 11.8 Å². The smallest absolute Gasteiger partial charge is 0.251 e. The number of halogens is 1. The Labute approximate surface area is 180 Å². The van der Waals surface area contributed by atoms with E-state index in [9.17, 15) is 14.0 Å². The third-order valence-electron chi connectivity index (χ3n) is 5.39. The normalized spacial score (nSPS) is 16.4. The van der Waals surface area contributed by atoms with Crippen molar-refractivity contribution >= 4 is 28.3 Å². The van der Waals surface area contributed by atoms with Crippen LogP contribution in [0, 0.1) is 17.7 Å². The van der Waals surface area contributed by atoms with Gasteiger partial charge in [-0.15, -0.1) is 11.3 Å². The van der Waals surface area contributed by atoms with Gasteiger partial charge in [-0.25, -0.2) is 9.37 Å². The molecule has 162 valence electrons. The number of hydrogen-bond donors (Lipinski definition) is 2. The first-order valence-corrected chi connectivity index (χ1v) is 11.2. The van der Waals surface area contributed by atoms with Gasteiger partial charge in [0.25, 0.3) is 5.91 Å². The van der Waals surface area contributed by atoms with Crippen LogP contribution in [0.25, 0.3) is 0 Å². The summed E-state index contributed by atoms with van der Waals surface area (Å²) in [5.41, 5.74) is 1.25. The first-order chi connectivity index (χ1) is 14.3. The van der Waals surface area contributed by atoms with Gasteiger partial charge in [0.1, 0.15) is 11.9 Å². The fraction of sp³-hybridized carbons (Fsp3) is 0.500. The van der Waals surface area contributed by atoms with E-state index < -0.39 is 17.8 Å². The molecule has 1 aromatic heterocycles. The second kappa shape index (κ2) is 10.1. The number of aromatic nitrogens is 1. The number of likely N-dealkylation sites (tertiary alicyclic amines) is 1. The largest absolute Gasteiger partial charge is 0.340 e. The number of benzene rings is 1. The number of nitrogens with zero attached hydrogens (tertiary/aromatic N) is 2. The van der Waals surface area contributed by atoms with Crippen LogP contribution in [0.2, 0.25) is 0 Å². The van der Waals surface area contributed by atoms with Crippen molar-refractivity contribution in [3.63, 3.8) is 0 Å². The predicted molar refractivity (Wildman–Crippen MR) is 117 cm³/mol. The monoisotopic (exact) mass is 432 g/mol. The minimum atomic E-state index is -0.724. The highest BCUT2D eigenvalue weighted by Crippen LogP contribution is 2.21. The molecule has 3 rings (SSSR count). The number of thiazole rings is 1. The van der Waals surface area contributed by atoms with Crippen LogP contribution in [0.1, 0.15) is 49.7 Å². The summed E-state index contributed by atoms with van der Waals surface area (Å²) < 4.78 is 13.1. The third kappa shape index (κ3) is 6.09. The molecule has 30 heavy (non-hydrogen) atoms. The second-order valence-electron chi connectivity index (χ2n) is 8.29. The standard InChI is InChI=1S/C22H29FN4O2S/c1-14(2)19(25-20(28)16-4-6-17(23)7-5-16)21(29)26-22-24-18(13-30-22)12-27-10-8-15(3)9-11-27/h4-7,13-15,19H,8-12H2,1-3H3,(H,25,28)(H,24,26,29). The topological polar surface area (TPSA) is 74.3 Å². The van der Waals surface area contributed by atoms with Gasteiger partial charge in [-0.3, -0.25) is 14.5 Å². The molecule has 1 aliphatic rings. The molecule has 1 aromatic carbocycles. The summed E-state index contributed by atoms with van der Waals surface area (Å²) in [7, 11) is 0. The van der Waals surface area contributed by atoms with Gasteiger partial charge in [0.2, 0.25) is 5.91 Å². The van der Waals surface area contributed by atoms with Crippen molar-refractivity contribution in [3.05, 3.63) is 46.7 Å². The summed E-state index contributed by atoms with van der Waals surface area (Å²) >= 11 is 1.39. The lowest BCUT2D eigenvalue weighted by molar-refractivity contribution is -0.118. The quantitative estimate of drug-likeness (QED) is 0.696. The third-order valence-corrected chi connectivity index (χ3v) is 6.19. The van der Waals surface area contributed by atoms with Crippen LogP contribution >= 0.6 is 11.3 Å². The molecule has 1 unspecified atom stereocenters. The predicted octanol–water partition coefficient (Wildman–Crippen LogP) is 3.91. The summed E-state index contributed by atoms with van der Waals surface area (Å²) in [6.07, 6.45) is 2.41. The SMILES string of the molecule is CC1CCN(Cc2csc(NC(=O)C(NC(=O)c3ccc(F)cc3)C(C)C)n2)CC1. The fourth-order valence-electron chi connectivity index (χ4n) is 3.43. The van der Waals surface area contributed by atoms with E-state index in [1.807, 2.05) is 19.2 Å². The van der Waals surface area contributed by atoms with Crippen LogP contribution in [-0.2, 0) is 11.3 Å². The summed E-state index contributed by atoms with van der Waals surface area (Å²) in [5.74, 6) is -0.478. The van der Waals surface area contributed by atoms with Gasteiger partial charge in [0, 0.05) is 17.5 Å². The molecule has 1 atom stereocenters. The lowest BCUT2D eigenvalue weighted by Crippen LogP contribution is -2.47. The molecule has 1 saturated heterocycles. The molecule has 0 spiro atoms. The molecule has 6 nitrogen and oxygen atoms in total. The van der Waals surface area contributed by atoms with Crippen molar-refractivity contribution in [3.8, 4) is 0 Å². The minimum absolute atomic E-state index is 0.121. The van der Waals surface area contributed by atoms with E-state index in [4.69, 9.17) is 0 Å². The van der Waals surface area contributed by atoms with Gasteiger partial charge < -0.3 is 10.6 Å². The molecular weight excluding hydrogens is 403 g/mol. The van der Waals surface area contributed by atoms with E-state index in [0.717, 1.165) is 31.2 Å². The summed E-state index contributed by atoms with van der Waals surface area (Å²) in [6.45, 7) is 8.94. The van der Waals surface area contributed by atoms with Gasteiger partial charge in [-0.2, -0.15) is 0 Å². The Morgan fingerprint density at radius 3 is 2.53 bits per heavy atom. The molecule has 2 amide bonds. The zero-order valence-corrected chi connectivity index (χ0v) is 18.5. The fourth-order valence-corrected chi connectivity index (χ4v) is 4.13. The number of carbonyl (C=O) groups is 2. The van der Waals surface area contributed by atoms with Crippen LogP contribution in [0.15, 0.2) is 29.6 Å². The Morgan fingerprint density at radius 1 is 1.23 bits per heavy atom. The molecule has 0 bridgehead atoms. The van der Waals surface area contributed by atoms with E-state index in [1.54, 1.807) is 0 Å². The summed E-state index contributed by atoms with van der Waals surface area (Å²) in [6, 6.07) is 4.51. The summed E-state index contributed by atoms with van der Waals surface area (Å²) in [4.78, 5) is 32.2. The number of nitrogens with one attached hydrogen (secondary N) is 2. The first-order valence-electron chi connectivity index (χ1n) is 10.4. The van der Waals surface area contributed by atoms with E-state index in [2.05, 4.69) is 27.4 Å². The Balaban J connectivity index is 1.58. The van der Waals surface area contributed by atoms with Gasteiger partial charge in [0.15, 0.2) is 5.13 Å². The van der Waals surface area contributed by atoms with Gasteiger partial charge in [-0.1, -0.05) is 20.8 Å². The molecule has 0 radical (unpaired) electrons. The van der Waals surface area contributed by atoms with Gasteiger partial charge in [-0.05, 0) is 62.0 Å². The van der Waals surface area contributed by atoms with E-state index >= 15 is 0 Å². The Bertz CT molecular complexity index is 860. The zero-order chi connectivity index (χ0) is 21.7. The number of amides is 2. The van der Waals surface area contributed by atoms with E-state index in [-0.39, 0.29) is 11.8 Å². The molecule has 2 heterocycles. The van der Waals surface area contributed by atoms with Crippen LogP contribution in [0.3, 0.4) is 0 Å². The number of carbonyl (C=O) groups excluding carboxylic acids is 2. The molecule has 0 aliphatic carbocycles. The Hall–Kier alpha value is -2.32. The van der Waals surface area contributed by atoms with Gasteiger partial charge in [0.05, 0.1) is 5.69 Å². The second-order valence-corrected chi connectivity index (χ2v) is 9.15. The summed E-state index contributed by atoms with van der Waals surface area (Å²) in [5, 5.41) is 8.07. The minimum Gasteiger partial charge on any atom is -0.340 e.